The molecule has 4 unspecified atom stereocenters. The highest BCUT2D eigenvalue weighted by molar-refractivity contribution is 5.82. The number of nitrogens with one attached hydrogen (secondary N) is 2. The van der Waals surface area contributed by atoms with Gasteiger partial charge in [-0.2, -0.15) is 0 Å². The fourth-order valence-electron chi connectivity index (χ4n) is 4.77. The van der Waals surface area contributed by atoms with E-state index in [4.69, 9.17) is 0 Å². The van der Waals surface area contributed by atoms with Crippen LogP contribution in [-0.2, 0) is 4.79 Å². The first-order valence-corrected chi connectivity index (χ1v) is 7.99. The largest absolute Gasteiger partial charge is 0.351 e. The molecule has 2 N–H and O–H groups in total. The molecule has 3 nitrogen and oxygen atoms in total. The lowest BCUT2D eigenvalue weighted by molar-refractivity contribution is -0.125. The summed E-state index contributed by atoms with van der Waals surface area (Å²) in [6, 6.07) is 0.442. The van der Waals surface area contributed by atoms with Gasteiger partial charge in [0.1, 0.15) is 0 Å². The molecule has 3 heteroatoms. The first kappa shape index (κ1) is 13.4. The lowest BCUT2D eigenvalue weighted by Crippen LogP contribution is -2.53. The standard InChI is InChI=1S/C16H28N2O/c1-15(2)11-7-8-16(15,3)13(10-11)18-14(19)12-6-4-5-9-17-12/h11-13,17H,4-10H2,1-3H3,(H,18,19). The van der Waals surface area contributed by atoms with Crippen molar-refractivity contribution < 1.29 is 4.79 Å². The Bertz CT molecular complexity index is 373. The Hall–Kier alpha value is -0.570. The van der Waals surface area contributed by atoms with Gasteiger partial charge in [-0.05, 0) is 55.4 Å². The summed E-state index contributed by atoms with van der Waals surface area (Å²) in [6.45, 7) is 8.18. The zero-order valence-corrected chi connectivity index (χ0v) is 12.6. The third-order valence-corrected chi connectivity index (χ3v) is 6.74. The van der Waals surface area contributed by atoms with Crippen LogP contribution in [0.15, 0.2) is 0 Å². The van der Waals surface area contributed by atoms with Gasteiger partial charge in [-0.15, -0.1) is 0 Å². The van der Waals surface area contributed by atoms with Crippen LogP contribution < -0.4 is 10.6 Å². The molecule has 0 spiro atoms. The Morgan fingerprint density at radius 1 is 1.21 bits per heavy atom. The zero-order chi connectivity index (χ0) is 13.7. The van der Waals surface area contributed by atoms with E-state index in [1.807, 2.05) is 0 Å². The number of fused-ring (bicyclic) bond motifs is 2. The molecule has 0 radical (unpaired) electrons. The molecule has 3 aliphatic rings. The second-order valence-electron chi connectivity index (χ2n) is 7.67. The Kier molecular flexibility index (Phi) is 3.16. The Morgan fingerprint density at radius 2 is 2.00 bits per heavy atom. The van der Waals surface area contributed by atoms with Crippen LogP contribution in [-0.4, -0.2) is 24.5 Å². The second kappa shape index (κ2) is 4.47. The second-order valence-corrected chi connectivity index (χ2v) is 7.67. The van der Waals surface area contributed by atoms with Crippen molar-refractivity contribution in [1.29, 1.82) is 0 Å². The maximum Gasteiger partial charge on any atom is 0.237 e. The minimum Gasteiger partial charge on any atom is -0.351 e. The van der Waals surface area contributed by atoms with Gasteiger partial charge in [0.15, 0.2) is 0 Å². The smallest absolute Gasteiger partial charge is 0.237 e. The summed E-state index contributed by atoms with van der Waals surface area (Å²) in [6.07, 6.45) is 7.19. The normalized spacial score (nSPS) is 44.3. The quantitative estimate of drug-likeness (QED) is 0.804. The van der Waals surface area contributed by atoms with Crippen LogP contribution in [0, 0.1) is 16.7 Å². The third kappa shape index (κ3) is 1.93. The predicted octanol–water partition coefficient (Wildman–Crippen LogP) is 2.46. The highest BCUT2D eigenvalue weighted by Gasteiger charge is 2.61. The predicted molar refractivity (Wildman–Crippen MR) is 76.8 cm³/mol. The number of carbonyl (C=O) groups is 1. The summed E-state index contributed by atoms with van der Waals surface area (Å²) in [7, 11) is 0. The molecule has 2 aliphatic carbocycles. The van der Waals surface area contributed by atoms with E-state index in [2.05, 4.69) is 31.4 Å². The molecule has 3 rings (SSSR count). The molecule has 1 amide bonds. The van der Waals surface area contributed by atoms with E-state index in [1.165, 1.54) is 32.1 Å². The first-order chi connectivity index (χ1) is 8.95. The molecule has 19 heavy (non-hydrogen) atoms. The Morgan fingerprint density at radius 3 is 2.53 bits per heavy atom. The number of carbonyl (C=O) groups excluding carboxylic acids is 1. The van der Waals surface area contributed by atoms with E-state index in [0.717, 1.165) is 18.9 Å². The van der Waals surface area contributed by atoms with Crippen LogP contribution in [0.4, 0.5) is 0 Å². The fourth-order valence-corrected chi connectivity index (χ4v) is 4.77. The third-order valence-electron chi connectivity index (χ3n) is 6.74. The molecule has 0 aromatic heterocycles. The number of rotatable bonds is 2. The average Bonchev–Trinajstić information content (AvgIpc) is 2.73. The Labute approximate surface area is 116 Å². The van der Waals surface area contributed by atoms with E-state index in [0.29, 0.717) is 16.9 Å². The van der Waals surface area contributed by atoms with E-state index >= 15 is 0 Å². The number of hydrogen-bond acceptors (Lipinski definition) is 2. The van der Waals surface area contributed by atoms with E-state index in [-0.39, 0.29) is 11.9 Å². The fraction of sp³-hybridized carbons (Fsp3) is 0.938. The van der Waals surface area contributed by atoms with Gasteiger partial charge >= 0.3 is 0 Å². The van der Waals surface area contributed by atoms with Crippen LogP contribution in [0.5, 0.6) is 0 Å². The van der Waals surface area contributed by atoms with Gasteiger partial charge in [-0.25, -0.2) is 0 Å². The van der Waals surface area contributed by atoms with Crippen molar-refractivity contribution in [2.45, 2.75) is 71.4 Å². The van der Waals surface area contributed by atoms with Gasteiger partial charge in [0.25, 0.3) is 0 Å². The van der Waals surface area contributed by atoms with Crippen LogP contribution >= 0.6 is 0 Å². The maximum absolute atomic E-state index is 12.4. The molecular weight excluding hydrogens is 236 g/mol. The molecular formula is C16H28N2O. The summed E-state index contributed by atoms with van der Waals surface area (Å²) >= 11 is 0. The van der Waals surface area contributed by atoms with Gasteiger partial charge in [0, 0.05) is 6.04 Å². The minimum absolute atomic E-state index is 0.0552. The number of piperidine rings is 1. The maximum atomic E-state index is 12.4. The van der Waals surface area contributed by atoms with Crippen LogP contribution in [0.3, 0.4) is 0 Å². The van der Waals surface area contributed by atoms with Crippen LogP contribution in [0.25, 0.3) is 0 Å². The van der Waals surface area contributed by atoms with Crippen LogP contribution in [0.2, 0.25) is 0 Å². The lowest BCUT2D eigenvalue weighted by atomic mass is 9.69. The molecule has 2 bridgehead atoms. The SMILES string of the molecule is CC1(C)C2CCC1(C)C(NC(=O)C1CCCCN1)C2. The van der Waals surface area contributed by atoms with Crippen molar-refractivity contribution >= 4 is 5.91 Å². The van der Waals surface area contributed by atoms with Gasteiger partial charge in [-0.1, -0.05) is 27.2 Å². The van der Waals surface area contributed by atoms with Crippen molar-refractivity contribution in [2.75, 3.05) is 6.54 Å². The highest BCUT2D eigenvalue weighted by atomic mass is 16.2. The number of amides is 1. The van der Waals surface area contributed by atoms with E-state index in [9.17, 15) is 4.79 Å². The van der Waals surface area contributed by atoms with E-state index < -0.39 is 0 Å². The molecule has 1 heterocycles. The lowest BCUT2D eigenvalue weighted by Gasteiger charge is -2.40. The number of hydrogen-bond donors (Lipinski definition) is 2. The molecule has 2 saturated carbocycles. The van der Waals surface area contributed by atoms with Crippen molar-refractivity contribution in [2.24, 2.45) is 16.7 Å². The molecule has 4 atom stereocenters. The Balaban J connectivity index is 1.66. The van der Waals surface area contributed by atoms with Crippen molar-refractivity contribution in [3.05, 3.63) is 0 Å². The van der Waals surface area contributed by atoms with Crippen molar-refractivity contribution in [3.8, 4) is 0 Å². The summed E-state index contributed by atoms with van der Waals surface area (Å²) < 4.78 is 0. The summed E-state index contributed by atoms with van der Waals surface area (Å²) in [5.41, 5.74) is 0.674. The zero-order valence-electron chi connectivity index (χ0n) is 12.6. The molecule has 3 fully saturated rings. The van der Waals surface area contributed by atoms with Crippen molar-refractivity contribution in [1.82, 2.24) is 10.6 Å². The van der Waals surface area contributed by atoms with Crippen LogP contribution in [0.1, 0.15) is 59.3 Å². The van der Waals surface area contributed by atoms with Gasteiger partial charge in [0.05, 0.1) is 6.04 Å². The molecule has 0 aromatic carbocycles. The van der Waals surface area contributed by atoms with Crippen molar-refractivity contribution in [3.63, 3.8) is 0 Å². The molecule has 0 aromatic rings. The molecule has 1 aliphatic heterocycles. The van der Waals surface area contributed by atoms with Gasteiger partial charge in [-0.3, -0.25) is 4.79 Å². The monoisotopic (exact) mass is 264 g/mol. The topological polar surface area (TPSA) is 41.1 Å². The van der Waals surface area contributed by atoms with Gasteiger partial charge < -0.3 is 10.6 Å². The highest BCUT2D eigenvalue weighted by Crippen LogP contribution is 2.65. The average molecular weight is 264 g/mol. The minimum atomic E-state index is 0.0552. The molecule has 1 saturated heterocycles. The summed E-state index contributed by atoms with van der Waals surface area (Å²) in [5, 5.41) is 6.73. The van der Waals surface area contributed by atoms with Gasteiger partial charge in [0.2, 0.25) is 5.91 Å². The molecule has 108 valence electrons. The summed E-state index contributed by atoms with van der Waals surface area (Å²) in [5.74, 6) is 1.04. The van der Waals surface area contributed by atoms with E-state index in [1.54, 1.807) is 0 Å². The first-order valence-electron chi connectivity index (χ1n) is 7.99. The summed E-state index contributed by atoms with van der Waals surface area (Å²) in [4.78, 5) is 12.4.